The van der Waals surface area contributed by atoms with Gasteiger partial charge in [0.1, 0.15) is 18.1 Å². The Balaban J connectivity index is 1.49. The first-order valence-electron chi connectivity index (χ1n) is 10.0. The molecule has 1 aromatic heterocycles. The summed E-state index contributed by atoms with van der Waals surface area (Å²) in [5, 5.41) is 8.08. The number of nitrogens with zero attached hydrogens (tertiary/aromatic N) is 4. The lowest BCUT2D eigenvalue weighted by molar-refractivity contribution is -0.144. The molecule has 33 heavy (non-hydrogen) atoms. The van der Waals surface area contributed by atoms with Crippen LogP contribution in [-0.2, 0) is 22.3 Å². The van der Waals surface area contributed by atoms with Crippen LogP contribution in [-0.4, -0.2) is 64.9 Å². The zero-order valence-corrected chi connectivity index (χ0v) is 17.2. The van der Waals surface area contributed by atoms with E-state index in [0.29, 0.717) is 30.0 Å². The molecule has 1 fully saturated rings. The second-order valence-electron chi connectivity index (χ2n) is 7.44. The van der Waals surface area contributed by atoms with Crippen LogP contribution >= 0.6 is 0 Å². The minimum Gasteiger partial charge on any atom is -0.370 e. The topological polar surface area (TPSA) is 87.1 Å². The van der Waals surface area contributed by atoms with E-state index in [1.165, 1.54) is 30.3 Å². The third-order valence-corrected chi connectivity index (χ3v) is 5.22. The lowest BCUT2D eigenvalue weighted by Gasteiger charge is -2.32. The predicted octanol–water partition coefficient (Wildman–Crippen LogP) is 2.40. The van der Waals surface area contributed by atoms with E-state index in [4.69, 9.17) is 4.74 Å². The van der Waals surface area contributed by atoms with E-state index in [-0.39, 0.29) is 25.6 Å². The molecule has 2 aromatic rings. The molecule has 3 heterocycles. The first kappa shape index (κ1) is 22.6. The highest BCUT2D eigenvalue weighted by Gasteiger charge is 2.38. The molecule has 12 heteroatoms. The van der Waals surface area contributed by atoms with Crippen LogP contribution in [0.1, 0.15) is 16.8 Å². The number of morpholine rings is 1. The molecule has 1 aromatic carbocycles. The van der Waals surface area contributed by atoms with Gasteiger partial charge in [0.15, 0.2) is 0 Å². The second kappa shape index (κ2) is 9.14. The number of hydrazone groups is 1. The second-order valence-corrected chi connectivity index (χ2v) is 7.44. The Hall–Kier alpha value is -3.54. The molecule has 0 radical (unpaired) electrons. The normalized spacial score (nSPS) is 19.0. The van der Waals surface area contributed by atoms with Gasteiger partial charge in [-0.1, -0.05) is 18.2 Å². The first-order valence-corrected chi connectivity index (χ1v) is 10.0. The number of benzene rings is 1. The van der Waals surface area contributed by atoms with Crippen LogP contribution in [0.5, 0.6) is 0 Å². The SMILES string of the molecule is O=C(NCc1ccc(C(F)(F)F)nc1)N1CC(N2CCOCC2=O)C(c2ccc(F)cc2)=N1. The van der Waals surface area contributed by atoms with Gasteiger partial charge in [0, 0.05) is 24.8 Å². The van der Waals surface area contributed by atoms with E-state index in [0.717, 1.165) is 17.3 Å². The zero-order valence-electron chi connectivity index (χ0n) is 17.2. The van der Waals surface area contributed by atoms with Crippen molar-refractivity contribution in [1.29, 1.82) is 0 Å². The number of nitrogens with one attached hydrogen (secondary N) is 1. The highest BCUT2D eigenvalue weighted by Crippen LogP contribution is 2.27. The van der Waals surface area contributed by atoms with Gasteiger partial charge in [0.05, 0.1) is 24.9 Å². The van der Waals surface area contributed by atoms with Crippen molar-refractivity contribution in [2.75, 3.05) is 26.3 Å². The van der Waals surface area contributed by atoms with Crippen molar-refractivity contribution in [1.82, 2.24) is 20.2 Å². The highest BCUT2D eigenvalue weighted by molar-refractivity contribution is 6.08. The summed E-state index contributed by atoms with van der Waals surface area (Å²) in [6.07, 6.45) is -3.51. The molecule has 0 spiro atoms. The quantitative estimate of drug-likeness (QED) is 0.703. The molecule has 1 N–H and O–H groups in total. The summed E-state index contributed by atoms with van der Waals surface area (Å²) in [6.45, 7) is 0.571. The van der Waals surface area contributed by atoms with Crippen molar-refractivity contribution in [3.63, 3.8) is 0 Å². The summed E-state index contributed by atoms with van der Waals surface area (Å²) in [6, 6.07) is 6.46. The van der Waals surface area contributed by atoms with E-state index >= 15 is 0 Å². The van der Waals surface area contributed by atoms with Crippen molar-refractivity contribution < 1.29 is 31.9 Å². The third kappa shape index (κ3) is 5.11. The molecule has 4 rings (SSSR count). The maximum atomic E-state index is 13.4. The van der Waals surface area contributed by atoms with Gasteiger partial charge in [-0.2, -0.15) is 18.3 Å². The molecule has 1 saturated heterocycles. The molecular weight excluding hydrogens is 446 g/mol. The van der Waals surface area contributed by atoms with Crippen LogP contribution in [0.3, 0.4) is 0 Å². The summed E-state index contributed by atoms with van der Waals surface area (Å²) < 4.78 is 56.5. The Labute approximate surface area is 185 Å². The Morgan fingerprint density at radius 3 is 2.58 bits per heavy atom. The van der Waals surface area contributed by atoms with Gasteiger partial charge in [-0.25, -0.2) is 14.2 Å². The van der Waals surface area contributed by atoms with Crippen LogP contribution in [0.15, 0.2) is 47.7 Å². The van der Waals surface area contributed by atoms with Crippen molar-refractivity contribution in [3.8, 4) is 0 Å². The number of urea groups is 1. The number of rotatable bonds is 4. The Bertz CT molecular complexity index is 1060. The van der Waals surface area contributed by atoms with E-state index in [2.05, 4.69) is 15.4 Å². The minimum absolute atomic E-state index is 0.0650. The minimum atomic E-state index is -4.55. The smallest absolute Gasteiger partial charge is 0.370 e. The standard InChI is InChI=1S/C21H19F4N5O3/c22-15-4-2-14(3-5-15)19-16(29-7-8-33-12-18(29)31)11-30(28-19)20(32)27-10-13-1-6-17(26-9-13)21(23,24)25/h1-6,9,16H,7-8,10-12H2,(H,27,32). The van der Waals surface area contributed by atoms with Gasteiger partial charge in [-0.05, 0) is 23.8 Å². The van der Waals surface area contributed by atoms with Gasteiger partial charge in [0.25, 0.3) is 0 Å². The van der Waals surface area contributed by atoms with Gasteiger partial charge >= 0.3 is 12.2 Å². The fourth-order valence-corrected chi connectivity index (χ4v) is 3.56. The van der Waals surface area contributed by atoms with Gasteiger partial charge in [0.2, 0.25) is 5.91 Å². The van der Waals surface area contributed by atoms with Crippen molar-refractivity contribution in [3.05, 3.63) is 65.2 Å². The number of aromatic nitrogens is 1. The largest absolute Gasteiger partial charge is 0.433 e. The number of halogens is 4. The molecule has 2 aliphatic rings. The van der Waals surface area contributed by atoms with E-state index in [1.807, 2.05) is 0 Å². The van der Waals surface area contributed by atoms with Gasteiger partial charge in [-0.3, -0.25) is 9.78 Å². The van der Waals surface area contributed by atoms with E-state index in [1.54, 1.807) is 4.90 Å². The summed E-state index contributed by atoms with van der Waals surface area (Å²) in [5.74, 6) is -0.685. The molecule has 1 atom stereocenters. The monoisotopic (exact) mass is 465 g/mol. The lowest BCUT2D eigenvalue weighted by Crippen LogP contribution is -2.52. The van der Waals surface area contributed by atoms with Crippen LogP contribution in [0.25, 0.3) is 0 Å². The Morgan fingerprint density at radius 1 is 1.18 bits per heavy atom. The molecule has 2 aliphatic heterocycles. The number of alkyl halides is 3. The van der Waals surface area contributed by atoms with Crippen LogP contribution < -0.4 is 5.32 Å². The van der Waals surface area contributed by atoms with Crippen LogP contribution in [0.2, 0.25) is 0 Å². The van der Waals surface area contributed by atoms with Crippen molar-refractivity contribution >= 4 is 17.6 Å². The maximum absolute atomic E-state index is 13.4. The third-order valence-electron chi connectivity index (χ3n) is 5.22. The molecule has 3 amide bonds. The van der Waals surface area contributed by atoms with E-state index in [9.17, 15) is 27.2 Å². The number of carbonyl (C=O) groups excluding carboxylic acids is 2. The number of hydrogen-bond acceptors (Lipinski definition) is 5. The fraction of sp³-hybridized carbons (Fsp3) is 0.333. The van der Waals surface area contributed by atoms with Gasteiger partial charge < -0.3 is 15.0 Å². The molecule has 0 bridgehead atoms. The first-order chi connectivity index (χ1) is 15.7. The summed E-state index contributed by atoms with van der Waals surface area (Å²) in [5.41, 5.74) is 0.335. The average molecular weight is 465 g/mol. The number of hydrogen-bond donors (Lipinski definition) is 1. The summed E-state index contributed by atoms with van der Waals surface area (Å²) >= 11 is 0. The number of pyridine rings is 1. The van der Waals surface area contributed by atoms with Crippen molar-refractivity contribution in [2.45, 2.75) is 18.8 Å². The predicted molar refractivity (Wildman–Crippen MR) is 107 cm³/mol. The molecule has 1 unspecified atom stereocenters. The molecule has 174 valence electrons. The summed E-state index contributed by atoms with van der Waals surface area (Å²) in [4.78, 5) is 30.0. The Kier molecular flexibility index (Phi) is 6.27. The molecule has 8 nitrogen and oxygen atoms in total. The van der Waals surface area contributed by atoms with Crippen LogP contribution in [0.4, 0.5) is 22.4 Å². The van der Waals surface area contributed by atoms with Crippen LogP contribution in [0, 0.1) is 5.82 Å². The molecular formula is C21H19F4N5O3. The molecule has 0 saturated carbocycles. The average Bonchev–Trinajstić information content (AvgIpc) is 3.23. The van der Waals surface area contributed by atoms with Crippen molar-refractivity contribution in [2.24, 2.45) is 5.10 Å². The maximum Gasteiger partial charge on any atom is 0.433 e. The zero-order chi connectivity index (χ0) is 23.6. The fourth-order valence-electron chi connectivity index (χ4n) is 3.56. The summed E-state index contributed by atoms with van der Waals surface area (Å²) in [7, 11) is 0. The number of carbonyl (C=O) groups is 2. The highest BCUT2D eigenvalue weighted by atomic mass is 19.4. The molecule has 0 aliphatic carbocycles. The number of ether oxygens (including phenoxy) is 1. The number of amides is 3. The van der Waals surface area contributed by atoms with E-state index < -0.39 is 29.8 Å². The van der Waals surface area contributed by atoms with Gasteiger partial charge in [-0.15, -0.1) is 0 Å². The lowest BCUT2D eigenvalue weighted by atomic mass is 10.0. The Morgan fingerprint density at radius 2 is 1.94 bits per heavy atom.